The maximum Gasteiger partial charge on any atom is 0.0468 e. The van der Waals surface area contributed by atoms with E-state index in [1.54, 1.807) is 0 Å². The molecule has 0 saturated carbocycles. The molecule has 0 bridgehead atoms. The van der Waals surface area contributed by atoms with Crippen LogP contribution in [0.4, 0.5) is 0 Å². The molecule has 0 spiro atoms. The Morgan fingerprint density at radius 1 is 1.29 bits per heavy atom. The molecule has 21 heavy (non-hydrogen) atoms. The monoisotopic (exact) mass is 309 g/mol. The van der Waals surface area contributed by atoms with Crippen molar-refractivity contribution in [3.63, 3.8) is 0 Å². The van der Waals surface area contributed by atoms with E-state index in [4.69, 9.17) is 16.3 Å². The summed E-state index contributed by atoms with van der Waals surface area (Å²) in [7, 11) is 0. The highest BCUT2D eigenvalue weighted by Gasteiger charge is 2.20. The Kier molecular flexibility index (Phi) is 7.56. The van der Waals surface area contributed by atoms with E-state index in [1.807, 2.05) is 12.1 Å². The summed E-state index contributed by atoms with van der Waals surface area (Å²) in [5, 5.41) is 4.50. The van der Waals surface area contributed by atoms with E-state index in [2.05, 4.69) is 24.4 Å². The molecule has 1 saturated heterocycles. The quantitative estimate of drug-likeness (QED) is 0.722. The number of hydrogen-bond acceptors (Lipinski definition) is 2. The highest BCUT2D eigenvalue weighted by atomic mass is 35.5. The topological polar surface area (TPSA) is 21.3 Å². The second-order valence-electron chi connectivity index (χ2n) is 6.16. The van der Waals surface area contributed by atoms with Crippen molar-refractivity contribution in [2.75, 3.05) is 26.3 Å². The van der Waals surface area contributed by atoms with Gasteiger partial charge in [0.2, 0.25) is 0 Å². The number of halogens is 1. The third kappa shape index (κ3) is 5.98. The van der Waals surface area contributed by atoms with Gasteiger partial charge in [-0.1, -0.05) is 36.7 Å². The lowest BCUT2D eigenvalue weighted by Gasteiger charge is -2.27. The Labute approximate surface area is 134 Å². The van der Waals surface area contributed by atoms with E-state index in [9.17, 15) is 0 Å². The average Bonchev–Trinajstić information content (AvgIpc) is 2.51. The van der Waals surface area contributed by atoms with E-state index in [0.717, 1.165) is 43.7 Å². The zero-order valence-electron chi connectivity index (χ0n) is 13.1. The van der Waals surface area contributed by atoms with Gasteiger partial charge in [-0.3, -0.25) is 0 Å². The van der Waals surface area contributed by atoms with Crippen molar-refractivity contribution >= 4 is 11.6 Å². The van der Waals surface area contributed by atoms with Crippen LogP contribution in [-0.4, -0.2) is 26.3 Å². The maximum absolute atomic E-state index is 6.33. The van der Waals surface area contributed by atoms with Crippen LogP contribution in [0.15, 0.2) is 24.3 Å². The van der Waals surface area contributed by atoms with Crippen LogP contribution in [-0.2, 0) is 11.2 Å². The van der Waals surface area contributed by atoms with Gasteiger partial charge in [0.25, 0.3) is 0 Å². The summed E-state index contributed by atoms with van der Waals surface area (Å²) < 4.78 is 5.48. The first-order valence-corrected chi connectivity index (χ1v) is 8.69. The number of nitrogens with one attached hydrogen (secondary N) is 1. The molecule has 0 aromatic heterocycles. The summed E-state index contributed by atoms with van der Waals surface area (Å²) >= 11 is 6.33. The van der Waals surface area contributed by atoms with Gasteiger partial charge in [0, 0.05) is 18.2 Å². The summed E-state index contributed by atoms with van der Waals surface area (Å²) in [4.78, 5) is 0. The molecule has 1 heterocycles. The molecule has 0 amide bonds. The normalized spacial score (nSPS) is 17.8. The lowest BCUT2D eigenvalue weighted by atomic mass is 9.85. The summed E-state index contributed by atoms with van der Waals surface area (Å²) in [6, 6.07) is 8.27. The highest BCUT2D eigenvalue weighted by Crippen LogP contribution is 2.27. The van der Waals surface area contributed by atoms with Crippen LogP contribution >= 0.6 is 11.6 Å². The minimum atomic E-state index is 0.666. The Hall–Kier alpha value is -0.570. The number of ether oxygens (including phenoxy) is 1. The molecular weight excluding hydrogens is 282 g/mol. The standard InChI is InChI=1S/C18H28ClNO/c1-2-9-20-14-16(12-15-7-10-21-11-8-15)13-17-5-3-4-6-18(17)19/h3-6,15-16,20H,2,7-14H2,1H3. The van der Waals surface area contributed by atoms with Gasteiger partial charge >= 0.3 is 0 Å². The van der Waals surface area contributed by atoms with Gasteiger partial charge in [0.1, 0.15) is 0 Å². The SMILES string of the molecule is CCCNCC(Cc1ccccc1Cl)CC1CCOCC1. The minimum Gasteiger partial charge on any atom is -0.381 e. The zero-order valence-corrected chi connectivity index (χ0v) is 13.9. The van der Waals surface area contributed by atoms with Gasteiger partial charge in [0.15, 0.2) is 0 Å². The molecule has 2 rings (SSSR count). The third-order valence-corrected chi connectivity index (χ3v) is 4.70. The smallest absolute Gasteiger partial charge is 0.0468 e. The molecule has 2 nitrogen and oxygen atoms in total. The van der Waals surface area contributed by atoms with Gasteiger partial charge in [-0.05, 0) is 68.7 Å². The van der Waals surface area contributed by atoms with Crippen LogP contribution in [0.5, 0.6) is 0 Å². The van der Waals surface area contributed by atoms with Crippen LogP contribution < -0.4 is 5.32 Å². The van der Waals surface area contributed by atoms with E-state index in [0.29, 0.717) is 5.92 Å². The van der Waals surface area contributed by atoms with E-state index in [-0.39, 0.29) is 0 Å². The summed E-state index contributed by atoms with van der Waals surface area (Å²) in [5.74, 6) is 1.48. The Morgan fingerprint density at radius 3 is 2.76 bits per heavy atom. The lowest BCUT2D eigenvalue weighted by molar-refractivity contribution is 0.0585. The Balaban J connectivity index is 1.92. The number of benzene rings is 1. The van der Waals surface area contributed by atoms with Gasteiger partial charge in [0.05, 0.1) is 0 Å². The van der Waals surface area contributed by atoms with Gasteiger partial charge in [-0.15, -0.1) is 0 Å². The van der Waals surface area contributed by atoms with Crippen molar-refractivity contribution in [3.05, 3.63) is 34.9 Å². The molecule has 1 aliphatic rings. The predicted molar refractivity (Wildman–Crippen MR) is 90.0 cm³/mol. The summed E-state index contributed by atoms with van der Waals surface area (Å²) in [6.07, 6.45) is 5.98. The molecule has 1 aromatic rings. The molecular formula is C18H28ClNO. The van der Waals surface area contributed by atoms with Crippen molar-refractivity contribution in [1.82, 2.24) is 5.32 Å². The van der Waals surface area contributed by atoms with Gasteiger partial charge in [-0.2, -0.15) is 0 Å². The molecule has 3 heteroatoms. The van der Waals surface area contributed by atoms with Crippen molar-refractivity contribution in [1.29, 1.82) is 0 Å². The average molecular weight is 310 g/mol. The van der Waals surface area contributed by atoms with Crippen LogP contribution in [0.2, 0.25) is 5.02 Å². The number of rotatable bonds is 8. The Morgan fingerprint density at radius 2 is 2.05 bits per heavy atom. The second-order valence-corrected chi connectivity index (χ2v) is 6.56. The summed E-state index contributed by atoms with van der Waals surface area (Å²) in [5.41, 5.74) is 1.29. The fraction of sp³-hybridized carbons (Fsp3) is 0.667. The van der Waals surface area contributed by atoms with E-state index < -0.39 is 0 Å². The highest BCUT2D eigenvalue weighted by molar-refractivity contribution is 6.31. The van der Waals surface area contributed by atoms with Gasteiger partial charge < -0.3 is 10.1 Å². The zero-order chi connectivity index (χ0) is 14.9. The maximum atomic E-state index is 6.33. The predicted octanol–water partition coefficient (Wildman–Crippen LogP) is 4.32. The second kappa shape index (κ2) is 9.45. The van der Waals surface area contributed by atoms with Crippen LogP contribution in [0.3, 0.4) is 0 Å². The van der Waals surface area contributed by atoms with Crippen molar-refractivity contribution in [2.45, 2.75) is 39.0 Å². The molecule has 0 aliphatic carbocycles. The molecule has 1 aromatic carbocycles. The first-order valence-electron chi connectivity index (χ1n) is 8.31. The molecule has 1 N–H and O–H groups in total. The van der Waals surface area contributed by atoms with Crippen molar-refractivity contribution < 1.29 is 4.74 Å². The minimum absolute atomic E-state index is 0.666. The first-order chi connectivity index (χ1) is 10.3. The fourth-order valence-electron chi connectivity index (χ4n) is 3.15. The van der Waals surface area contributed by atoms with Crippen LogP contribution in [0.25, 0.3) is 0 Å². The molecule has 1 unspecified atom stereocenters. The molecule has 118 valence electrons. The van der Waals surface area contributed by atoms with Crippen LogP contribution in [0.1, 0.15) is 38.2 Å². The molecule has 0 radical (unpaired) electrons. The third-order valence-electron chi connectivity index (χ3n) is 4.33. The van der Waals surface area contributed by atoms with Crippen molar-refractivity contribution in [3.8, 4) is 0 Å². The molecule has 1 atom stereocenters. The lowest BCUT2D eigenvalue weighted by Crippen LogP contribution is -2.28. The van der Waals surface area contributed by atoms with E-state index in [1.165, 1.54) is 31.2 Å². The molecule has 1 aliphatic heterocycles. The van der Waals surface area contributed by atoms with E-state index >= 15 is 0 Å². The van der Waals surface area contributed by atoms with Crippen LogP contribution in [0, 0.1) is 11.8 Å². The largest absolute Gasteiger partial charge is 0.381 e. The first kappa shape index (κ1) is 16.8. The number of hydrogen-bond donors (Lipinski definition) is 1. The summed E-state index contributed by atoms with van der Waals surface area (Å²) in [6.45, 7) is 6.29. The van der Waals surface area contributed by atoms with Gasteiger partial charge in [-0.25, -0.2) is 0 Å². The molecule has 1 fully saturated rings. The van der Waals surface area contributed by atoms with Crippen molar-refractivity contribution in [2.24, 2.45) is 11.8 Å². The fourth-order valence-corrected chi connectivity index (χ4v) is 3.36. The Bertz CT molecular complexity index is 404.